The molecule has 0 amide bonds. The third kappa shape index (κ3) is 3.32. The molecule has 1 atom stereocenters. The average molecular weight is 345 g/mol. The molecular formula is C12H15BrClN5. The Morgan fingerprint density at radius 1 is 1.47 bits per heavy atom. The normalized spacial score (nSPS) is 12.6. The predicted octanol–water partition coefficient (Wildman–Crippen LogP) is 3.14. The molecule has 5 nitrogen and oxygen atoms in total. The molecule has 0 aliphatic rings. The second-order valence-corrected chi connectivity index (χ2v) is 5.54. The summed E-state index contributed by atoms with van der Waals surface area (Å²) in [5.41, 5.74) is 0.773. The van der Waals surface area contributed by atoms with Gasteiger partial charge in [-0.05, 0) is 48.5 Å². The van der Waals surface area contributed by atoms with Crippen LogP contribution in [0.15, 0.2) is 22.7 Å². The molecule has 0 saturated carbocycles. The first-order valence-corrected chi connectivity index (χ1v) is 7.27. The molecule has 2 aromatic rings. The van der Waals surface area contributed by atoms with Gasteiger partial charge in [0.15, 0.2) is 5.82 Å². The fraction of sp³-hybridized carbons (Fsp3) is 0.417. The van der Waals surface area contributed by atoms with E-state index in [1.807, 2.05) is 25.1 Å². The number of hydrogen-bond donors (Lipinski definition) is 1. The number of benzene rings is 1. The number of tetrazole rings is 1. The van der Waals surface area contributed by atoms with E-state index in [2.05, 4.69) is 43.7 Å². The molecule has 0 aliphatic heterocycles. The summed E-state index contributed by atoms with van der Waals surface area (Å²) in [6.07, 6.45) is 1.06. The predicted molar refractivity (Wildman–Crippen MR) is 78.6 cm³/mol. The summed E-state index contributed by atoms with van der Waals surface area (Å²) in [6, 6.07) is 5.69. The Bertz CT molecular complexity index is 557. The van der Waals surface area contributed by atoms with E-state index in [4.69, 9.17) is 11.6 Å². The first kappa shape index (κ1) is 14.4. The Morgan fingerprint density at radius 2 is 2.26 bits per heavy atom. The van der Waals surface area contributed by atoms with E-state index >= 15 is 0 Å². The molecule has 1 heterocycles. The van der Waals surface area contributed by atoms with E-state index in [-0.39, 0.29) is 6.04 Å². The average Bonchev–Trinajstić information content (AvgIpc) is 2.85. The molecule has 1 N–H and O–H groups in total. The van der Waals surface area contributed by atoms with E-state index < -0.39 is 0 Å². The lowest BCUT2D eigenvalue weighted by Gasteiger charge is -2.13. The van der Waals surface area contributed by atoms with Crippen LogP contribution in [-0.2, 0) is 0 Å². The molecule has 7 heteroatoms. The summed E-state index contributed by atoms with van der Waals surface area (Å²) in [4.78, 5) is 0. The van der Waals surface area contributed by atoms with Gasteiger partial charge in [-0.15, -0.1) is 5.10 Å². The van der Waals surface area contributed by atoms with Gasteiger partial charge in [0.2, 0.25) is 0 Å². The highest BCUT2D eigenvalue weighted by Gasteiger charge is 2.16. The van der Waals surface area contributed by atoms with Gasteiger partial charge >= 0.3 is 0 Å². The molecule has 19 heavy (non-hydrogen) atoms. The largest absolute Gasteiger partial charge is 0.307 e. The quantitative estimate of drug-likeness (QED) is 0.905. The van der Waals surface area contributed by atoms with Gasteiger partial charge in [0.1, 0.15) is 0 Å². The maximum absolute atomic E-state index is 6.24. The van der Waals surface area contributed by atoms with Crippen molar-refractivity contribution in [2.24, 2.45) is 0 Å². The lowest BCUT2D eigenvalue weighted by molar-refractivity contribution is 0.531. The summed E-state index contributed by atoms with van der Waals surface area (Å²) in [7, 11) is 0. The highest BCUT2D eigenvalue weighted by atomic mass is 79.9. The molecule has 2 rings (SSSR count). The van der Waals surface area contributed by atoms with Crippen LogP contribution in [0.5, 0.6) is 0 Å². The van der Waals surface area contributed by atoms with Crippen molar-refractivity contribution in [1.82, 2.24) is 25.5 Å². The van der Waals surface area contributed by atoms with Crippen molar-refractivity contribution < 1.29 is 0 Å². The minimum atomic E-state index is 0.0645. The lowest BCUT2D eigenvalue weighted by atomic mass is 10.2. The third-order valence-electron chi connectivity index (χ3n) is 2.72. The monoisotopic (exact) mass is 343 g/mol. The summed E-state index contributed by atoms with van der Waals surface area (Å²) in [5.74, 6) is 0.748. The zero-order chi connectivity index (χ0) is 13.8. The van der Waals surface area contributed by atoms with Crippen molar-refractivity contribution in [3.63, 3.8) is 0 Å². The maximum Gasteiger partial charge on any atom is 0.173 e. The first-order chi connectivity index (χ1) is 9.13. The Hall–Kier alpha value is -0.980. The molecule has 0 radical (unpaired) electrons. The second kappa shape index (κ2) is 6.45. The van der Waals surface area contributed by atoms with E-state index in [0.29, 0.717) is 5.02 Å². The van der Waals surface area contributed by atoms with E-state index in [1.54, 1.807) is 4.68 Å². The number of halogens is 2. The lowest BCUT2D eigenvalue weighted by Crippen LogP contribution is -2.22. The van der Waals surface area contributed by atoms with Crippen LogP contribution in [-0.4, -0.2) is 26.8 Å². The van der Waals surface area contributed by atoms with Gasteiger partial charge in [-0.25, -0.2) is 0 Å². The summed E-state index contributed by atoms with van der Waals surface area (Å²) < 4.78 is 2.59. The molecular weight excluding hydrogens is 330 g/mol. The molecule has 0 aliphatic carbocycles. The summed E-state index contributed by atoms with van der Waals surface area (Å²) in [5, 5.41) is 15.8. The third-order valence-corrected chi connectivity index (χ3v) is 3.52. The van der Waals surface area contributed by atoms with E-state index in [9.17, 15) is 0 Å². The molecule has 0 spiro atoms. The fourth-order valence-corrected chi connectivity index (χ4v) is 2.49. The zero-order valence-electron chi connectivity index (χ0n) is 10.8. The number of rotatable bonds is 5. The maximum atomic E-state index is 6.24. The second-order valence-electron chi connectivity index (χ2n) is 4.22. The molecule has 0 bridgehead atoms. The first-order valence-electron chi connectivity index (χ1n) is 6.10. The van der Waals surface area contributed by atoms with Gasteiger partial charge in [-0.1, -0.05) is 34.5 Å². The van der Waals surface area contributed by atoms with Gasteiger partial charge in [-0.3, -0.25) is 0 Å². The van der Waals surface area contributed by atoms with Crippen molar-refractivity contribution in [1.29, 1.82) is 0 Å². The smallest absolute Gasteiger partial charge is 0.173 e. The number of nitrogens with one attached hydrogen (secondary N) is 1. The molecule has 1 aromatic heterocycles. The fourth-order valence-electron chi connectivity index (χ4n) is 1.74. The van der Waals surface area contributed by atoms with Crippen LogP contribution < -0.4 is 5.32 Å². The van der Waals surface area contributed by atoms with Crippen molar-refractivity contribution >= 4 is 27.5 Å². The zero-order valence-corrected chi connectivity index (χ0v) is 13.1. The van der Waals surface area contributed by atoms with Gasteiger partial charge in [0.05, 0.1) is 16.8 Å². The van der Waals surface area contributed by atoms with Crippen molar-refractivity contribution in [2.45, 2.75) is 26.3 Å². The van der Waals surface area contributed by atoms with Crippen LogP contribution in [0.25, 0.3) is 5.69 Å². The van der Waals surface area contributed by atoms with Crippen LogP contribution in [0.1, 0.15) is 32.1 Å². The van der Waals surface area contributed by atoms with E-state index in [0.717, 1.165) is 29.0 Å². The van der Waals surface area contributed by atoms with Crippen molar-refractivity contribution in [2.75, 3.05) is 6.54 Å². The Kier molecular flexibility index (Phi) is 4.90. The molecule has 1 unspecified atom stereocenters. The van der Waals surface area contributed by atoms with Crippen LogP contribution in [0, 0.1) is 0 Å². The molecule has 1 aromatic carbocycles. The Labute approximate surface area is 125 Å². The van der Waals surface area contributed by atoms with Crippen molar-refractivity contribution in [3.8, 4) is 5.69 Å². The van der Waals surface area contributed by atoms with Crippen LogP contribution in [0.4, 0.5) is 0 Å². The van der Waals surface area contributed by atoms with Crippen LogP contribution in [0.2, 0.25) is 5.02 Å². The van der Waals surface area contributed by atoms with Crippen LogP contribution in [0.3, 0.4) is 0 Å². The minimum Gasteiger partial charge on any atom is -0.307 e. The Balaban J connectivity index is 2.33. The number of hydrogen-bond acceptors (Lipinski definition) is 4. The Morgan fingerprint density at radius 3 is 2.95 bits per heavy atom. The topological polar surface area (TPSA) is 55.6 Å². The molecule has 102 valence electrons. The van der Waals surface area contributed by atoms with Gasteiger partial charge in [0.25, 0.3) is 0 Å². The number of aromatic nitrogens is 4. The standard InChI is InChI=1S/C12H15BrClN5/c1-3-6-15-8(2)12-16-17-18-19(12)11-5-4-9(13)7-10(11)14/h4-5,7-8,15H,3,6H2,1-2H3. The summed E-state index contributed by atoms with van der Waals surface area (Å²) >= 11 is 9.62. The summed E-state index contributed by atoms with van der Waals surface area (Å²) in [6.45, 7) is 5.07. The van der Waals surface area contributed by atoms with E-state index in [1.165, 1.54) is 0 Å². The van der Waals surface area contributed by atoms with Crippen LogP contribution >= 0.6 is 27.5 Å². The van der Waals surface area contributed by atoms with Gasteiger partial charge < -0.3 is 5.32 Å². The molecule has 0 fully saturated rings. The minimum absolute atomic E-state index is 0.0645. The number of nitrogens with zero attached hydrogens (tertiary/aromatic N) is 4. The van der Waals surface area contributed by atoms with Gasteiger partial charge in [0, 0.05) is 4.47 Å². The highest BCUT2D eigenvalue weighted by Crippen LogP contribution is 2.25. The molecule has 0 saturated heterocycles. The van der Waals surface area contributed by atoms with Crippen molar-refractivity contribution in [3.05, 3.63) is 33.5 Å². The highest BCUT2D eigenvalue weighted by molar-refractivity contribution is 9.10. The SMILES string of the molecule is CCCNC(C)c1nnnn1-c1ccc(Br)cc1Cl. The van der Waals surface area contributed by atoms with Gasteiger partial charge in [-0.2, -0.15) is 4.68 Å².